The number of primary amides is 1. The van der Waals surface area contributed by atoms with Gasteiger partial charge in [0.2, 0.25) is 11.8 Å². The fraction of sp³-hybridized carbons (Fsp3) is 0.172. The number of nitrogens with two attached hydrogens (primary N) is 1. The van der Waals surface area contributed by atoms with Gasteiger partial charge in [-0.15, -0.1) is 11.3 Å². The van der Waals surface area contributed by atoms with E-state index in [4.69, 9.17) is 15.2 Å². The van der Waals surface area contributed by atoms with E-state index >= 15 is 4.39 Å². The number of benzene rings is 2. The molecule has 0 atom stereocenters. The summed E-state index contributed by atoms with van der Waals surface area (Å²) in [4.78, 5) is 35.6. The van der Waals surface area contributed by atoms with Crippen LogP contribution in [-0.4, -0.2) is 47.1 Å². The SMILES string of the molecule is CNCCn1cnc(-c2cc3nccc(Oc4ccc(N(C(=O)CC(N)=O)c5ccccc5OC)cc4F)c3s2)c1. The Morgan fingerprint density at radius 1 is 1.10 bits per heavy atom. The van der Waals surface area contributed by atoms with Crippen molar-refractivity contribution in [2.45, 2.75) is 13.0 Å². The molecule has 0 fully saturated rings. The highest BCUT2D eigenvalue weighted by molar-refractivity contribution is 7.22. The molecule has 5 rings (SSSR count). The number of likely N-dealkylation sites (N-methyl/N-ethyl adjacent to an activating group) is 1. The molecule has 0 radical (unpaired) electrons. The van der Waals surface area contributed by atoms with Crippen LogP contribution in [0.15, 0.2) is 73.3 Å². The Morgan fingerprint density at radius 2 is 1.93 bits per heavy atom. The van der Waals surface area contributed by atoms with Crippen molar-refractivity contribution in [1.82, 2.24) is 19.9 Å². The van der Waals surface area contributed by atoms with Crippen LogP contribution in [-0.2, 0) is 16.1 Å². The minimum Gasteiger partial charge on any atom is -0.495 e. The lowest BCUT2D eigenvalue weighted by molar-refractivity contribution is -0.125. The van der Waals surface area contributed by atoms with Gasteiger partial charge in [0.1, 0.15) is 17.9 Å². The smallest absolute Gasteiger partial charge is 0.241 e. The number of nitrogens with zero attached hydrogens (tertiary/aromatic N) is 4. The van der Waals surface area contributed by atoms with Crippen LogP contribution in [0.4, 0.5) is 15.8 Å². The first-order valence-corrected chi connectivity index (χ1v) is 13.5. The fourth-order valence-electron chi connectivity index (χ4n) is 4.26. The third-order valence-electron chi connectivity index (χ3n) is 6.18. The second kappa shape index (κ2) is 12.1. The normalized spacial score (nSPS) is 11.0. The summed E-state index contributed by atoms with van der Waals surface area (Å²) in [6, 6.07) is 14.4. The Kier molecular flexibility index (Phi) is 8.22. The lowest BCUT2D eigenvalue weighted by Crippen LogP contribution is -2.30. The number of aromatic nitrogens is 3. The lowest BCUT2D eigenvalue weighted by atomic mass is 10.2. The van der Waals surface area contributed by atoms with Crippen LogP contribution in [0.1, 0.15) is 6.42 Å². The maximum atomic E-state index is 15.5. The maximum absolute atomic E-state index is 15.5. The first-order valence-electron chi connectivity index (χ1n) is 12.6. The molecule has 0 saturated carbocycles. The molecule has 41 heavy (non-hydrogen) atoms. The van der Waals surface area contributed by atoms with Gasteiger partial charge in [-0.1, -0.05) is 12.1 Å². The largest absolute Gasteiger partial charge is 0.495 e. The van der Waals surface area contributed by atoms with Crippen LogP contribution in [0.25, 0.3) is 20.8 Å². The minimum atomic E-state index is -0.808. The van der Waals surface area contributed by atoms with Gasteiger partial charge in [0.25, 0.3) is 0 Å². The standard InChI is InChI=1S/C29H27FN6O4S/c1-32-11-12-35-16-21(34-17-35)26-14-20-29(41-26)25(9-10-33-20)40-23-8-7-18(13-19(23)30)36(28(38)15-27(31)37)22-5-3-4-6-24(22)39-2/h3-10,13-14,16-17,32H,11-12,15H2,1-2H3,(H2,31,37). The van der Waals surface area contributed by atoms with Crippen LogP contribution < -0.4 is 25.4 Å². The average molecular weight is 575 g/mol. The van der Waals surface area contributed by atoms with E-state index in [1.807, 2.05) is 23.9 Å². The first kappa shape index (κ1) is 27.7. The van der Waals surface area contributed by atoms with E-state index in [1.54, 1.807) is 42.9 Å². The summed E-state index contributed by atoms with van der Waals surface area (Å²) in [7, 11) is 3.35. The highest BCUT2D eigenvalue weighted by Gasteiger charge is 2.24. The Bertz CT molecular complexity index is 1720. The molecule has 10 nitrogen and oxygen atoms in total. The minimum absolute atomic E-state index is 0.0464. The zero-order valence-corrected chi connectivity index (χ0v) is 23.2. The summed E-state index contributed by atoms with van der Waals surface area (Å²) in [6.07, 6.45) is 4.77. The van der Waals surface area contributed by atoms with Crippen molar-refractivity contribution < 1.29 is 23.5 Å². The van der Waals surface area contributed by atoms with Crippen molar-refractivity contribution in [2.24, 2.45) is 5.73 Å². The molecule has 3 aromatic heterocycles. The quantitative estimate of drug-likeness (QED) is 0.216. The average Bonchev–Trinajstić information content (AvgIpc) is 3.61. The number of halogens is 1. The lowest BCUT2D eigenvalue weighted by Gasteiger charge is -2.24. The molecule has 0 bridgehead atoms. The van der Waals surface area contributed by atoms with Crippen molar-refractivity contribution in [1.29, 1.82) is 0 Å². The molecule has 2 aromatic carbocycles. The number of hydrogen-bond donors (Lipinski definition) is 2. The van der Waals surface area contributed by atoms with E-state index in [1.165, 1.54) is 35.5 Å². The van der Waals surface area contributed by atoms with Gasteiger partial charge in [0.05, 0.1) is 45.6 Å². The highest BCUT2D eigenvalue weighted by Crippen LogP contribution is 2.40. The number of anilines is 2. The van der Waals surface area contributed by atoms with Crippen molar-refractivity contribution in [2.75, 3.05) is 25.6 Å². The number of methoxy groups -OCH3 is 1. The van der Waals surface area contributed by atoms with Gasteiger partial charge >= 0.3 is 0 Å². The molecule has 3 heterocycles. The number of nitrogens with one attached hydrogen (secondary N) is 1. The Morgan fingerprint density at radius 3 is 2.68 bits per heavy atom. The summed E-state index contributed by atoms with van der Waals surface area (Å²) in [5, 5.41) is 3.11. The van der Waals surface area contributed by atoms with E-state index in [9.17, 15) is 9.59 Å². The summed E-state index contributed by atoms with van der Waals surface area (Å²) in [5.41, 5.74) is 7.30. The molecule has 0 unspecified atom stereocenters. The highest BCUT2D eigenvalue weighted by atomic mass is 32.1. The molecule has 0 aliphatic carbocycles. The Hall–Kier alpha value is -4.81. The van der Waals surface area contributed by atoms with Crippen molar-refractivity contribution in [3.8, 4) is 27.8 Å². The van der Waals surface area contributed by atoms with E-state index in [0.717, 1.165) is 34.4 Å². The van der Waals surface area contributed by atoms with E-state index in [-0.39, 0.29) is 11.4 Å². The van der Waals surface area contributed by atoms with E-state index in [2.05, 4.69) is 15.3 Å². The second-order valence-electron chi connectivity index (χ2n) is 9.00. The Labute approximate surface area is 239 Å². The monoisotopic (exact) mass is 574 g/mol. The molecule has 12 heteroatoms. The number of para-hydroxylation sites is 2. The number of imidazole rings is 1. The molecular weight excluding hydrogens is 547 g/mol. The van der Waals surface area contributed by atoms with E-state index in [0.29, 0.717) is 22.7 Å². The maximum Gasteiger partial charge on any atom is 0.241 e. The van der Waals surface area contributed by atoms with Gasteiger partial charge in [-0.2, -0.15) is 0 Å². The van der Waals surface area contributed by atoms with Gasteiger partial charge in [-0.25, -0.2) is 9.37 Å². The van der Waals surface area contributed by atoms with Crippen molar-refractivity contribution in [3.63, 3.8) is 0 Å². The predicted octanol–water partition coefficient (Wildman–Crippen LogP) is 4.86. The molecule has 0 aliphatic rings. The van der Waals surface area contributed by atoms with Gasteiger partial charge in [0.15, 0.2) is 11.6 Å². The number of carbonyl (C=O) groups excluding carboxylic acids is 2. The molecule has 210 valence electrons. The number of fused-ring (bicyclic) bond motifs is 1. The van der Waals surface area contributed by atoms with Crippen LogP contribution in [0.2, 0.25) is 0 Å². The van der Waals surface area contributed by atoms with Gasteiger partial charge in [-0.3, -0.25) is 19.5 Å². The van der Waals surface area contributed by atoms with Crippen LogP contribution >= 0.6 is 11.3 Å². The first-order chi connectivity index (χ1) is 19.9. The third-order valence-corrected chi connectivity index (χ3v) is 7.34. The number of thiophene rings is 1. The molecule has 0 saturated heterocycles. The van der Waals surface area contributed by atoms with Crippen LogP contribution in [0, 0.1) is 5.82 Å². The summed E-state index contributed by atoms with van der Waals surface area (Å²) >= 11 is 1.45. The second-order valence-corrected chi connectivity index (χ2v) is 10.0. The summed E-state index contributed by atoms with van der Waals surface area (Å²) < 4.78 is 29.6. The zero-order chi connectivity index (χ0) is 28.9. The number of hydrogen-bond acceptors (Lipinski definition) is 8. The van der Waals surface area contributed by atoms with E-state index < -0.39 is 24.1 Å². The summed E-state index contributed by atoms with van der Waals surface area (Å²) in [6.45, 7) is 1.61. The molecule has 0 spiro atoms. The molecular formula is C29H27FN6O4S. The third kappa shape index (κ3) is 6.03. The number of amides is 2. The van der Waals surface area contributed by atoms with Crippen LogP contribution in [0.3, 0.4) is 0 Å². The van der Waals surface area contributed by atoms with Crippen molar-refractivity contribution in [3.05, 3.63) is 79.1 Å². The topological polar surface area (TPSA) is 125 Å². The summed E-state index contributed by atoms with van der Waals surface area (Å²) in [5.74, 6) is -1.40. The number of rotatable bonds is 11. The molecule has 3 N–H and O–H groups in total. The van der Waals surface area contributed by atoms with Crippen LogP contribution in [0.5, 0.6) is 17.2 Å². The number of ether oxygens (including phenoxy) is 2. The zero-order valence-electron chi connectivity index (χ0n) is 22.3. The number of carbonyl (C=O) groups is 2. The van der Waals surface area contributed by atoms with Gasteiger partial charge in [-0.05, 0) is 37.4 Å². The fourth-order valence-corrected chi connectivity index (χ4v) is 5.29. The number of pyridine rings is 1. The van der Waals surface area contributed by atoms with Gasteiger partial charge in [0, 0.05) is 37.6 Å². The Balaban J connectivity index is 1.45. The van der Waals surface area contributed by atoms with Crippen molar-refractivity contribution >= 4 is 44.7 Å². The molecule has 0 aliphatic heterocycles. The predicted molar refractivity (Wildman–Crippen MR) is 155 cm³/mol. The molecule has 5 aromatic rings. The van der Waals surface area contributed by atoms with Gasteiger partial charge < -0.3 is 25.1 Å². The molecule has 2 amide bonds.